The van der Waals surface area contributed by atoms with Gasteiger partial charge in [0, 0.05) is 22.6 Å². The molecule has 6 rings (SSSR count). The van der Waals surface area contributed by atoms with E-state index in [2.05, 4.69) is 51.2 Å². The van der Waals surface area contributed by atoms with Crippen molar-refractivity contribution in [1.29, 1.82) is 0 Å². The van der Waals surface area contributed by atoms with Gasteiger partial charge in [0.1, 0.15) is 5.82 Å². The van der Waals surface area contributed by atoms with Crippen LogP contribution < -0.4 is 4.90 Å². The summed E-state index contributed by atoms with van der Waals surface area (Å²) in [5, 5.41) is 9.88. The molecule has 1 amide bonds. The third kappa shape index (κ3) is 3.78. The second-order valence-corrected chi connectivity index (χ2v) is 10.5. The molecule has 5 nitrogen and oxygen atoms in total. The van der Waals surface area contributed by atoms with Gasteiger partial charge in [0.15, 0.2) is 5.16 Å². The molecule has 2 aromatic carbocycles. The quantitative estimate of drug-likeness (QED) is 0.469. The van der Waals surface area contributed by atoms with Crippen molar-refractivity contribution in [2.24, 2.45) is 0 Å². The van der Waals surface area contributed by atoms with Gasteiger partial charge in [-0.05, 0) is 43.4 Å². The van der Waals surface area contributed by atoms with Crippen molar-refractivity contribution >= 4 is 35.1 Å². The van der Waals surface area contributed by atoms with Gasteiger partial charge in [-0.1, -0.05) is 54.2 Å². The highest BCUT2D eigenvalue weighted by Gasteiger charge is 2.37. The van der Waals surface area contributed by atoms with Gasteiger partial charge in [-0.2, -0.15) is 0 Å². The molecule has 3 aromatic rings. The van der Waals surface area contributed by atoms with Crippen LogP contribution in [0.2, 0.25) is 0 Å². The van der Waals surface area contributed by atoms with Gasteiger partial charge in [0.2, 0.25) is 5.91 Å². The van der Waals surface area contributed by atoms with Crippen molar-refractivity contribution < 1.29 is 4.79 Å². The molecular formula is C24H24N4OS2. The van der Waals surface area contributed by atoms with Crippen LogP contribution in [0.5, 0.6) is 0 Å². The number of anilines is 1. The van der Waals surface area contributed by atoms with E-state index in [1.54, 1.807) is 11.8 Å². The van der Waals surface area contributed by atoms with E-state index in [4.69, 9.17) is 0 Å². The predicted octanol–water partition coefficient (Wildman–Crippen LogP) is 5.46. The second-order valence-electron chi connectivity index (χ2n) is 8.47. The molecule has 7 heteroatoms. The highest BCUT2D eigenvalue weighted by molar-refractivity contribution is 8.00. The average Bonchev–Trinajstić information content (AvgIpc) is 3.76. The molecule has 1 aliphatic heterocycles. The first kappa shape index (κ1) is 19.4. The Balaban J connectivity index is 1.27. The van der Waals surface area contributed by atoms with Crippen molar-refractivity contribution in [3.05, 3.63) is 66.0 Å². The van der Waals surface area contributed by atoms with Crippen molar-refractivity contribution in [1.82, 2.24) is 14.8 Å². The summed E-state index contributed by atoms with van der Waals surface area (Å²) in [6.07, 6.45) is 4.84. The molecule has 158 valence electrons. The van der Waals surface area contributed by atoms with Crippen LogP contribution in [0.25, 0.3) is 0 Å². The molecule has 0 spiro atoms. The summed E-state index contributed by atoms with van der Waals surface area (Å²) in [6.45, 7) is 0. The molecule has 1 atom stereocenters. The summed E-state index contributed by atoms with van der Waals surface area (Å²) in [5.74, 6) is 3.08. The summed E-state index contributed by atoms with van der Waals surface area (Å²) in [5.41, 5.74) is 2.19. The molecule has 1 aromatic heterocycles. The lowest BCUT2D eigenvalue weighted by molar-refractivity contribution is -0.116. The zero-order valence-electron chi connectivity index (χ0n) is 17.2. The zero-order chi connectivity index (χ0) is 20.8. The lowest BCUT2D eigenvalue weighted by Gasteiger charge is -2.37. The Morgan fingerprint density at radius 2 is 1.77 bits per heavy atom. The normalized spacial score (nSPS) is 20.5. The van der Waals surface area contributed by atoms with E-state index in [0.29, 0.717) is 17.7 Å². The number of aromatic nitrogens is 3. The molecule has 31 heavy (non-hydrogen) atoms. The first-order chi connectivity index (χ1) is 15.3. The molecule has 0 N–H and O–H groups in total. The number of benzene rings is 2. The number of carbonyl (C=O) groups excluding carboxylic acids is 1. The zero-order valence-corrected chi connectivity index (χ0v) is 18.8. The third-order valence-corrected chi connectivity index (χ3v) is 8.22. The van der Waals surface area contributed by atoms with Gasteiger partial charge in [-0.15, -0.1) is 22.0 Å². The van der Waals surface area contributed by atoms with E-state index in [1.807, 2.05) is 34.9 Å². The minimum atomic E-state index is 0.0394. The lowest BCUT2D eigenvalue weighted by Crippen LogP contribution is -2.39. The largest absolute Gasteiger partial charge is 0.303 e. The van der Waals surface area contributed by atoms with Gasteiger partial charge in [0.05, 0.1) is 17.5 Å². The summed E-state index contributed by atoms with van der Waals surface area (Å²) >= 11 is 3.37. The Bertz CT molecular complexity index is 1110. The number of para-hydroxylation sites is 1. The summed E-state index contributed by atoms with van der Waals surface area (Å²) in [7, 11) is 0. The lowest BCUT2D eigenvalue weighted by atomic mass is 10.1. The Morgan fingerprint density at radius 1 is 1.00 bits per heavy atom. The number of carbonyl (C=O) groups is 1. The average molecular weight is 449 g/mol. The molecule has 0 radical (unpaired) electrons. The van der Waals surface area contributed by atoms with E-state index in [-0.39, 0.29) is 11.9 Å². The van der Waals surface area contributed by atoms with Crippen LogP contribution in [-0.2, 0) is 4.79 Å². The first-order valence-electron chi connectivity index (χ1n) is 11.0. The molecule has 2 fully saturated rings. The van der Waals surface area contributed by atoms with Crippen molar-refractivity contribution in [2.45, 2.75) is 53.7 Å². The Morgan fingerprint density at radius 3 is 2.55 bits per heavy atom. The van der Waals surface area contributed by atoms with E-state index in [9.17, 15) is 4.79 Å². The van der Waals surface area contributed by atoms with Crippen molar-refractivity contribution in [2.75, 3.05) is 16.4 Å². The molecule has 3 aliphatic rings. The maximum absolute atomic E-state index is 13.6. The van der Waals surface area contributed by atoms with Crippen LogP contribution in [0, 0.1) is 0 Å². The maximum atomic E-state index is 13.6. The van der Waals surface area contributed by atoms with E-state index >= 15 is 0 Å². The molecule has 0 bridgehead atoms. The monoisotopic (exact) mass is 448 g/mol. The summed E-state index contributed by atoms with van der Waals surface area (Å²) in [6, 6.07) is 19.2. The number of hydrogen-bond donors (Lipinski definition) is 0. The highest BCUT2D eigenvalue weighted by Crippen LogP contribution is 2.47. The molecule has 2 aliphatic carbocycles. The first-order valence-corrected chi connectivity index (χ1v) is 12.9. The topological polar surface area (TPSA) is 51.0 Å². The second kappa shape index (κ2) is 8.02. The number of nitrogens with zero attached hydrogens (tertiary/aromatic N) is 4. The van der Waals surface area contributed by atoms with Gasteiger partial charge in [-0.25, -0.2) is 0 Å². The molecule has 2 saturated carbocycles. The van der Waals surface area contributed by atoms with Crippen LogP contribution in [0.3, 0.4) is 0 Å². The van der Waals surface area contributed by atoms with Crippen LogP contribution in [0.1, 0.15) is 55.1 Å². The van der Waals surface area contributed by atoms with Crippen LogP contribution in [0.4, 0.5) is 5.69 Å². The van der Waals surface area contributed by atoms with Gasteiger partial charge in [-0.3, -0.25) is 4.79 Å². The van der Waals surface area contributed by atoms with Gasteiger partial charge < -0.3 is 9.47 Å². The fourth-order valence-corrected chi connectivity index (χ4v) is 6.34. The summed E-state index contributed by atoms with van der Waals surface area (Å²) in [4.78, 5) is 16.8. The number of fused-ring (bicyclic) bond motifs is 1. The van der Waals surface area contributed by atoms with Crippen molar-refractivity contribution in [3.8, 4) is 0 Å². The molecule has 0 unspecified atom stereocenters. The fraction of sp³-hybridized carbons (Fsp3) is 0.375. The van der Waals surface area contributed by atoms with Crippen LogP contribution >= 0.6 is 23.5 Å². The van der Waals surface area contributed by atoms with E-state index < -0.39 is 0 Å². The Hall–Kier alpha value is -2.25. The van der Waals surface area contributed by atoms with Crippen molar-refractivity contribution in [3.63, 3.8) is 0 Å². The number of rotatable bonds is 6. The smallest absolute Gasteiger partial charge is 0.238 e. The molecular weight excluding hydrogens is 424 g/mol. The minimum Gasteiger partial charge on any atom is -0.303 e. The molecule has 0 saturated heterocycles. The van der Waals surface area contributed by atoms with Crippen LogP contribution in [0.15, 0.2) is 64.6 Å². The third-order valence-electron chi connectivity index (χ3n) is 6.16. The Kier molecular flexibility index (Phi) is 5.03. The maximum Gasteiger partial charge on any atom is 0.238 e. The Labute approximate surface area is 190 Å². The number of hydrogen-bond acceptors (Lipinski definition) is 5. The minimum absolute atomic E-state index is 0.0394. The fourth-order valence-electron chi connectivity index (χ4n) is 4.30. The summed E-state index contributed by atoms with van der Waals surface area (Å²) < 4.78 is 2.32. The highest BCUT2D eigenvalue weighted by atomic mass is 32.2. The van der Waals surface area contributed by atoms with Crippen LogP contribution in [-0.4, -0.2) is 32.2 Å². The number of amides is 1. The van der Waals surface area contributed by atoms with E-state index in [0.717, 1.165) is 22.4 Å². The SMILES string of the molecule is O=C(CSc1nnc(C2CC2)n1C1CC1)N1c2ccccc2SC[C@H]1c1ccccc1. The standard InChI is InChI=1S/C24H24N4OS2/c29-22(15-31-24-26-25-23(17-10-11-17)27(24)18-12-13-18)28-19-8-4-5-9-21(19)30-14-20(28)16-6-2-1-3-7-16/h1-9,17-18,20H,10-15H2/t20-/m0/s1. The van der Waals surface area contributed by atoms with Gasteiger partial charge in [0.25, 0.3) is 0 Å². The number of thioether (sulfide) groups is 2. The predicted molar refractivity (Wildman–Crippen MR) is 125 cm³/mol. The molecule has 2 heterocycles. The van der Waals surface area contributed by atoms with Gasteiger partial charge >= 0.3 is 0 Å². The van der Waals surface area contributed by atoms with E-state index in [1.165, 1.54) is 36.1 Å².